The van der Waals surface area contributed by atoms with Crippen LogP contribution in [0.5, 0.6) is 0 Å². The third-order valence-corrected chi connectivity index (χ3v) is 5.01. The lowest BCUT2D eigenvalue weighted by molar-refractivity contribution is 0.163. The fraction of sp³-hybridized carbons (Fsp3) is 0.357. The highest BCUT2D eigenvalue weighted by molar-refractivity contribution is 7.09. The van der Waals surface area contributed by atoms with Gasteiger partial charge in [0.1, 0.15) is 11.8 Å². The fourth-order valence-electron chi connectivity index (χ4n) is 3.03. The third kappa shape index (κ3) is 2.25. The molecule has 8 heteroatoms. The first-order chi connectivity index (χ1) is 10.7. The van der Waals surface area contributed by atoms with E-state index < -0.39 is 0 Å². The Morgan fingerprint density at radius 1 is 1.36 bits per heavy atom. The number of β-amino-alcohol motifs (C(OH)–C–C–N with tert-alkyl or cyclic N) is 1. The van der Waals surface area contributed by atoms with Gasteiger partial charge in [-0.3, -0.25) is 4.90 Å². The maximum Gasteiger partial charge on any atom is 0.151 e. The van der Waals surface area contributed by atoms with Crippen LogP contribution in [-0.2, 0) is 6.54 Å². The van der Waals surface area contributed by atoms with E-state index in [0.717, 1.165) is 34.7 Å². The average Bonchev–Trinajstić information content (AvgIpc) is 3.20. The minimum atomic E-state index is -0.379. The molecule has 4 N–H and O–H groups in total. The summed E-state index contributed by atoms with van der Waals surface area (Å²) >= 11 is 1.60. The largest absolute Gasteiger partial charge is 0.391 e. The van der Waals surface area contributed by atoms with Gasteiger partial charge in [-0.2, -0.15) is 0 Å². The van der Waals surface area contributed by atoms with E-state index in [2.05, 4.69) is 24.8 Å². The predicted octanol–water partition coefficient (Wildman–Crippen LogP) is 0.957. The second-order valence-corrected chi connectivity index (χ2v) is 6.46. The van der Waals surface area contributed by atoms with Crippen LogP contribution in [0, 0.1) is 0 Å². The van der Waals surface area contributed by atoms with Crippen LogP contribution in [0.1, 0.15) is 16.5 Å². The third-order valence-electron chi connectivity index (χ3n) is 4.10. The average molecular weight is 316 g/mol. The van der Waals surface area contributed by atoms with Crippen molar-refractivity contribution in [2.24, 2.45) is 0 Å². The summed E-state index contributed by atoms with van der Waals surface area (Å²) in [6.07, 6.45) is 4.80. The van der Waals surface area contributed by atoms with Gasteiger partial charge in [-0.1, -0.05) is 0 Å². The van der Waals surface area contributed by atoms with E-state index in [4.69, 9.17) is 5.73 Å². The zero-order valence-electron chi connectivity index (χ0n) is 11.8. The van der Waals surface area contributed by atoms with Gasteiger partial charge < -0.3 is 15.8 Å². The van der Waals surface area contributed by atoms with E-state index in [1.54, 1.807) is 17.5 Å². The molecule has 3 aromatic heterocycles. The number of rotatable bonds is 3. The van der Waals surface area contributed by atoms with Crippen molar-refractivity contribution in [2.45, 2.75) is 18.6 Å². The lowest BCUT2D eigenvalue weighted by Gasteiger charge is -2.14. The number of hydrogen-bond donors (Lipinski definition) is 3. The Morgan fingerprint density at radius 3 is 3.09 bits per heavy atom. The lowest BCUT2D eigenvalue weighted by Crippen LogP contribution is -2.21. The van der Waals surface area contributed by atoms with E-state index in [1.165, 1.54) is 6.33 Å². The Balaban J connectivity index is 1.55. The highest BCUT2D eigenvalue weighted by atomic mass is 32.1. The Labute approximate surface area is 130 Å². The van der Waals surface area contributed by atoms with Gasteiger partial charge in [-0.25, -0.2) is 15.0 Å². The van der Waals surface area contributed by atoms with Gasteiger partial charge in [0.15, 0.2) is 5.82 Å². The van der Waals surface area contributed by atoms with Gasteiger partial charge in [0.2, 0.25) is 0 Å². The normalized spacial score (nSPS) is 22.6. The smallest absolute Gasteiger partial charge is 0.151 e. The van der Waals surface area contributed by atoms with Crippen molar-refractivity contribution in [2.75, 3.05) is 18.8 Å². The summed E-state index contributed by atoms with van der Waals surface area (Å²) in [5, 5.41) is 13.2. The number of aliphatic hydroxyl groups excluding tert-OH is 1. The van der Waals surface area contributed by atoms with Gasteiger partial charge in [-0.05, 0) is 0 Å². The van der Waals surface area contributed by atoms with Gasteiger partial charge in [-0.15, -0.1) is 11.3 Å². The minimum absolute atomic E-state index is 0.0879. The predicted molar refractivity (Wildman–Crippen MR) is 84.4 cm³/mol. The number of H-pyrrole nitrogens is 1. The summed E-state index contributed by atoms with van der Waals surface area (Å²) in [6.45, 7) is 2.15. The maximum atomic E-state index is 10.3. The van der Waals surface area contributed by atoms with E-state index in [9.17, 15) is 5.11 Å². The summed E-state index contributed by atoms with van der Waals surface area (Å²) < 4.78 is 0. The van der Waals surface area contributed by atoms with Crippen LogP contribution in [0.4, 0.5) is 5.82 Å². The number of nitrogens with zero attached hydrogens (tertiary/aromatic N) is 4. The molecule has 0 saturated carbocycles. The molecule has 4 rings (SSSR count). The Bertz CT molecular complexity index is 786. The molecule has 0 aliphatic carbocycles. The van der Waals surface area contributed by atoms with Gasteiger partial charge >= 0.3 is 0 Å². The number of nitrogens with two attached hydrogens (primary N) is 1. The number of anilines is 1. The van der Waals surface area contributed by atoms with E-state index in [1.807, 2.05) is 11.6 Å². The molecule has 1 saturated heterocycles. The molecule has 1 aliphatic rings. The molecule has 0 amide bonds. The highest BCUT2D eigenvalue weighted by Gasteiger charge is 2.34. The standard InChI is InChI=1S/C14H16N6OS/c15-13-12-11(18-7-19-13)8(3-17-12)4-20-5-9(10(21)6-20)14-16-1-2-22-14/h1-3,7,9-10,17,21H,4-6H2,(H2,15,18,19)/t9?,10-/m0/s1. The monoisotopic (exact) mass is 316 g/mol. The summed E-state index contributed by atoms with van der Waals surface area (Å²) in [7, 11) is 0. The van der Waals surface area contributed by atoms with Crippen molar-refractivity contribution in [3.63, 3.8) is 0 Å². The molecule has 22 heavy (non-hydrogen) atoms. The van der Waals surface area contributed by atoms with Crippen LogP contribution in [0.2, 0.25) is 0 Å². The van der Waals surface area contributed by atoms with Gasteiger partial charge in [0, 0.05) is 43.0 Å². The van der Waals surface area contributed by atoms with E-state index in [0.29, 0.717) is 12.4 Å². The molecular weight excluding hydrogens is 300 g/mol. The summed E-state index contributed by atoms with van der Waals surface area (Å²) in [5.41, 5.74) is 8.53. The quantitative estimate of drug-likeness (QED) is 0.665. The first-order valence-corrected chi connectivity index (χ1v) is 7.96. The first-order valence-electron chi connectivity index (χ1n) is 7.08. The van der Waals surface area contributed by atoms with Crippen LogP contribution < -0.4 is 5.73 Å². The Hall–Kier alpha value is -2.03. The SMILES string of the molecule is Nc1ncnc2c(CN3CC(c4nccs4)[C@@H](O)C3)c[nH]c12. The lowest BCUT2D eigenvalue weighted by atomic mass is 10.1. The number of aromatic amines is 1. The van der Waals surface area contributed by atoms with Crippen molar-refractivity contribution in [1.82, 2.24) is 24.8 Å². The molecule has 0 spiro atoms. The van der Waals surface area contributed by atoms with E-state index >= 15 is 0 Å². The number of aliphatic hydroxyl groups is 1. The zero-order valence-corrected chi connectivity index (χ0v) is 12.6. The molecule has 0 radical (unpaired) electrons. The molecule has 1 fully saturated rings. The number of nitrogens with one attached hydrogen (secondary N) is 1. The van der Waals surface area contributed by atoms with Crippen molar-refractivity contribution >= 4 is 28.2 Å². The Morgan fingerprint density at radius 2 is 2.27 bits per heavy atom. The van der Waals surface area contributed by atoms with E-state index in [-0.39, 0.29) is 12.0 Å². The highest BCUT2D eigenvalue weighted by Crippen LogP contribution is 2.30. The van der Waals surface area contributed by atoms with Crippen LogP contribution in [-0.4, -0.2) is 49.1 Å². The van der Waals surface area contributed by atoms with Crippen molar-refractivity contribution in [1.29, 1.82) is 0 Å². The van der Waals surface area contributed by atoms with Crippen LogP contribution in [0.25, 0.3) is 11.0 Å². The topological polar surface area (TPSA) is 104 Å². The maximum absolute atomic E-state index is 10.3. The summed E-state index contributed by atoms with van der Waals surface area (Å²) in [6, 6.07) is 0. The summed E-state index contributed by atoms with van der Waals surface area (Å²) in [5.74, 6) is 0.545. The van der Waals surface area contributed by atoms with Crippen molar-refractivity contribution in [3.8, 4) is 0 Å². The number of likely N-dealkylation sites (tertiary alicyclic amines) is 1. The molecular formula is C14H16N6OS. The van der Waals surface area contributed by atoms with Crippen LogP contribution in [0.3, 0.4) is 0 Å². The molecule has 0 bridgehead atoms. The van der Waals surface area contributed by atoms with Crippen LogP contribution in [0.15, 0.2) is 24.1 Å². The van der Waals surface area contributed by atoms with Crippen molar-refractivity contribution < 1.29 is 5.11 Å². The second-order valence-electron chi connectivity index (χ2n) is 5.53. The summed E-state index contributed by atoms with van der Waals surface area (Å²) in [4.78, 5) is 18.0. The second kappa shape index (κ2) is 5.31. The van der Waals surface area contributed by atoms with Gasteiger partial charge in [0.25, 0.3) is 0 Å². The molecule has 114 valence electrons. The molecule has 3 aromatic rings. The van der Waals surface area contributed by atoms with Crippen molar-refractivity contribution in [3.05, 3.63) is 34.7 Å². The molecule has 4 heterocycles. The first kappa shape index (κ1) is 13.6. The number of hydrogen-bond acceptors (Lipinski definition) is 7. The number of thiazole rings is 1. The van der Waals surface area contributed by atoms with Gasteiger partial charge in [0.05, 0.1) is 22.5 Å². The zero-order chi connectivity index (χ0) is 15.1. The number of aromatic nitrogens is 4. The molecule has 0 aromatic carbocycles. The Kier molecular flexibility index (Phi) is 3.29. The fourth-order valence-corrected chi connectivity index (χ4v) is 3.82. The van der Waals surface area contributed by atoms with Crippen LogP contribution >= 0.6 is 11.3 Å². The molecule has 2 atom stereocenters. The number of fused-ring (bicyclic) bond motifs is 1. The molecule has 7 nitrogen and oxygen atoms in total. The molecule has 1 aliphatic heterocycles. The minimum Gasteiger partial charge on any atom is -0.391 e. The molecule has 1 unspecified atom stereocenters. The number of nitrogen functional groups attached to an aromatic ring is 1.